The maximum absolute atomic E-state index is 11.8. The number of aromatic nitrogens is 3. The second kappa shape index (κ2) is 8.56. The first kappa shape index (κ1) is 24.2. The van der Waals surface area contributed by atoms with Gasteiger partial charge in [0, 0.05) is 0 Å². The summed E-state index contributed by atoms with van der Waals surface area (Å²) in [4.78, 5) is 53.8. The largest absolute Gasteiger partial charge is 0.490 e. The molecule has 1 fully saturated rings. The third kappa shape index (κ3) is 6.70. The normalized spacial score (nSPS) is 29.3. The highest BCUT2D eigenvalue weighted by Crippen LogP contribution is 2.66. The van der Waals surface area contributed by atoms with E-state index in [1.807, 2.05) is 0 Å². The lowest BCUT2D eigenvalue weighted by Crippen LogP contribution is -2.36. The number of nitrogen functional groups attached to an aromatic ring is 1. The van der Waals surface area contributed by atoms with Crippen LogP contribution in [0.2, 0.25) is 0 Å². The molecule has 0 amide bonds. The van der Waals surface area contributed by atoms with E-state index in [1.165, 1.54) is 0 Å². The van der Waals surface area contributed by atoms with Crippen molar-refractivity contribution in [1.29, 1.82) is 0 Å². The molecule has 1 saturated heterocycles. The zero-order chi connectivity index (χ0) is 22.2. The Balaban J connectivity index is 2.05. The van der Waals surface area contributed by atoms with Crippen LogP contribution in [0.15, 0.2) is 11.1 Å². The number of ether oxygens (including phenoxy) is 1. The summed E-state index contributed by atoms with van der Waals surface area (Å²) in [5.74, 6) is -0.372. The van der Waals surface area contributed by atoms with E-state index in [4.69, 9.17) is 25.2 Å². The fourth-order valence-corrected chi connectivity index (χ4v) is 5.13. The molecule has 1 aliphatic rings. The van der Waals surface area contributed by atoms with Crippen molar-refractivity contribution in [3.8, 4) is 0 Å². The number of hydrogen-bond acceptors (Lipinski definition) is 13. The molecule has 0 spiro atoms. The lowest BCUT2D eigenvalue weighted by molar-refractivity contribution is -0.0546. The highest BCUT2D eigenvalue weighted by atomic mass is 31.3. The van der Waals surface area contributed by atoms with Crippen LogP contribution < -0.4 is 11.4 Å². The van der Waals surface area contributed by atoms with Crippen molar-refractivity contribution < 1.29 is 61.4 Å². The number of rotatable bonds is 8. The molecule has 8 N–H and O–H groups in total. The van der Waals surface area contributed by atoms with Gasteiger partial charge in [0.2, 0.25) is 5.95 Å². The van der Waals surface area contributed by atoms with Gasteiger partial charge in [-0.3, -0.25) is 9.09 Å². The van der Waals surface area contributed by atoms with Gasteiger partial charge in [0.1, 0.15) is 24.6 Å². The molecule has 21 heteroatoms. The maximum Gasteiger partial charge on any atom is 0.490 e. The Bertz CT molecular complexity index is 947. The van der Waals surface area contributed by atoms with Crippen molar-refractivity contribution in [3.05, 3.63) is 16.8 Å². The lowest BCUT2D eigenvalue weighted by Gasteiger charge is -2.19. The Hall–Kier alpha value is -1.10. The minimum atomic E-state index is -5.72. The van der Waals surface area contributed by atoms with Gasteiger partial charge >= 0.3 is 29.2 Å². The van der Waals surface area contributed by atoms with Crippen molar-refractivity contribution in [2.75, 3.05) is 12.3 Å². The molecule has 6 atom stereocenters. The number of aliphatic hydroxyl groups is 2. The third-order valence-electron chi connectivity index (χ3n) is 3.17. The number of phosphoric ester groups is 1. The zero-order valence-electron chi connectivity index (χ0n) is 13.8. The molecule has 1 aromatic heterocycles. The number of aliphatic hydroxyl groups excluding tert-OH is 2. The summed E-state index contributed by atoms with van der Waals surface area (Å²) >= 11 is 0. The van der Waals surface area contributed by atoms with Gasteiger partial charge in [0.25, 0.3) is 0 Å². The molecule has 0 bridgehead atoms. The fourth-order valence-electron chi connectivity index (χ4n) is 2.10. The first-order chi connectivity index (χ1) is 13.1. The molecular formula is C8H15N4O14P3. The molecule has 2 heterocycles. The van der Waals surface area contributed by atoms with Crippen LogP contribution in [0.25, 0.3) is 0 Å². The number of anilines is 1. The van der Waals surface area contributed by atoms with E-state index in [9.17, 15) is 33.6 Å². The van der Waals surface area contributed by atoms with Crippen molar-refractivity contribution in [1.82, 2.24) is 14.5 Å². The van der Waals surface area contributed by atoms with E-state index >= 15 is 0 Å². The van der Waals surface area contributed by atoms with E-state index in [-0.39, 0.29) is 5.95 Å². The molecule has 29 heavy (non-hydrogen) atoms. The summed E-state index contributed by atoms with van der Waals surface area (Å²) in [6.45, 7) is -1.04. The van der Waals surface area contributed by atoms with Crippen molar-refractivity contribution in [2.45, 2.75) is 24.5 Å². The minimum absolute atomic E-state index is 0.372. The first-order valence-electron chi connectivity index (χ1n) is 7.11. The topological polar surface area (TPSA) is 283 Å². The van der Waals surface area contributed by atoms with Crippen LogP contribution in [0.4, 0.5) is 5.95 Å². The smallest absolute Gasteiger partial charge is 0.387 e. The van der Waals surface area contributed by atoms with E-state index < -0.39 is 60.3 Å². The zero-order valence-corrected chi connectivity index (χ0v) is 16.5. The predicted octanol–water partition coefficient (Wildman–Crippen LogP) is -2.82. The second-order valence-corrected chi connectivity index (χ2v) is 9.76. The SMILES string of the molecule is [15NH2]c1[15n]c[15n]([C@@H]2O[C@H](COP(=O)(O)OP(=O)(O)OP(=O)(O)O)[C@@H](O)[C@H]2O)c(=O)[15n]1. The molecule has 2 unspecified atom stereocenters. The number of hydrogen-bond donors (Lipinski definition) is 7. The minimum Gasteiger partial charge on any atom is -0.387 e. The summed E-state index contributed by atoms with van der Waals surface area (Å²) in [6.07, 6.45) is -5.79. The summed E-state index contributed by atoms with van der Waals surface area (Å²) < 4.78 is 50.6. The Kier molecular flexibility index (Phi) is 7.14. The van der Waals surface area contributed by atoms with Crippen LogP contribution in [-0.4, -0.2) is 69.2 Å². The molecule has 0 radical (unpaired) electrons. The van der Waals surface area contributed by atoms with Crippen molar-refractivity contribution in [2.24, 2.45) is 0 Å². The standard InChI is InChI=1S/C8H15N4O14P3/c9-7-10-2-12(8(15)11-7)6-5(14)4(13)3(24-6)1-23-28(19,20)26-29(21,22)25-27(16,17)18/h2-6,13-14H,1H2,(H,19,20)(H,21,22)(H2,9,11,15)(H2,16,17,18)/t3-,4-,5-,6-/m1/s1/i9+1,10+1,11+1,12+1. The summed E-state index contributed by atoms with van der Waals surface area (Å²) in [5.41, 5.74) is 4.22. The Morgan fingerprint density at radius 3 is 2.28 bits per heavy atom. The van der Waals surface area contributed by atoms with Crippen LogP contribution in [0.5, 0.6) is 0 Å². The lowest BCUT2D eigenvalue weighted by atomic mass is 10.1. The van der Waals surface area contributed by atoms with Gasteiger partial charge in [0.05, 0.1) is 6.61 Å². The van der Waals surface area contributed by atoms with E-state index in [0.29, 0.717) is 4.57 Å². The number of phosphoric acid groups is 3. The predicted molar refractivity (Wildman–Crippen MR) is 86.4 cm³/mol. The number of nitrogens with two attached hydrogens (primary N) is 1. The second-order valence-electron chi connectivity index (χ2n) is 5.34. The molecule has 1 aromatic rings. The highest BCUT2D eigenvalue weighted by Gasteiger charge is 2.46. The molecule has 0 saturated carbocycles. The van der Waals surface area contributed by atoms with Gasteiger partial charge in [-0.05, 0) is 0 Å². The van der Waals surface area contributed by atoms with E-state index in [0.717, 1.165) is 6.33 Å². The number of nitrogens with zero attached hydrogens (tertiary/aromatic N) is 3. The van der Waals surface area contributed by atoms with Gasteiger partial charge in [0.15, 0.2) is 6.23 Å². The van der Waals surface area contributed by atoms with Crippen molar-refractivity contribution >= 4 is 29.4 Å². The molecular weight excluding hydrogens is 473 g/mol. The van der Waals surface area contributed by atoms with Crippen molar-refractivity contribution in [3.63, 3.8) is 0 Å². The van der Waals surface area contributed by atoms with E-state index in [2.05, 4.69) is 23.1 Å². The average Bonchev–Trinajstić information content (AvgIpc) is 2.78. The van der Waals surface area contributed by atoms with Gasteiger partial charge in [-0.25, -0.2) is 23.5 Å². The monoisotopic (exact) mass is 488 g/mol. The molecule has 18 nitrogen and oxygen atoms in total. The first-order valence-corrected chi connectivity index (χ1v) is 11.6. The van der Waals surface area contributed by atoms with Gasteiger partial charge in [-0.2, -0.15) is 13.6 Å². The summed E-state index contributed by atoms with van der Waals surface area (Å²) in [5, 5.41) is 19.9. The van der Waals surface area contributed by atoms with Crippen LogP contribution >= 0.6 is 23.5 Å². The Morgan fingerprint density at radius 1 is 1.10 bits per heavy atom. The molecule has 166 valence electrons. The van der Waals surface area contributed by atoms with Crippen LogP contribution in [0.1, 0.15) is 6.23 Å². The Labute approximate surface area is 159 Å². The Morgan fingerprint density at radius 2 is 1.72 bits per heavy atom. The third-order valence-corrected chi connectivity index (χ3v) is 6.98. The van der Waals surface area contributed by atoms with Crippen LogP contribution in [-0.2, 0) is 31.6 Å². The molecule has 0 aliphatic carbocycles. The summed E-state index contributed by atoms with van der Waals surface area (Å²) in [6, 6.07) is 0. The van der Waals surface area contributed by atoms with Gasteiger partial charge in [-0.1, -0.05) is 0 Å². The average molecular weight is 488 g/mol. The summed E-state index contributed by atoms with van der Waals surface area (Å²) in [7, 11) is -16.8. The fraction of sp³-hybridized carbons (Fsp3) is 0.625. The molecule has 0 aromatic carbocycles. The quantitative estimate of drug-likeness (QED) is 0.143. The molecule has 1 aliphatic heterocycles. The van der Waals surface area contributed by atoms with Crippen LogP contribution in [0, 0.1) is 0 Å². The van der Waals surface area contributed by atoms with Gasteiger partial charge < -0.3 is 40.3 Å². The maximum atomic E-state index is 11.8. The van der Waals surface area contributed by atoms with Gasteiger partial charge in [-0.15, -0.1) is 0 Å². The van der Waals surface area contributed by atoms with E-state index in [1.54, 1.807) is 0 Å². The van der Waals surface area contributed by atoms with Crippen LogP contribution in [0.3, 0.4) is 0 Å². The highest BCUT2D eigenvalue weighted by molar-refractivity contribution is 7.66. The molecule has 2 rings (SSSR count).